The number of hydroxylamine groups is 3. The van der Waals surface area contributed by atoms with Crippen LogP contribution >= 0.6 is 0 Å². The summed E-state index contributed by atoms with van der Waals surface area (Å²) in [5.41, 5.74) is 0. The van der Waals surface area contributed by atoms with Crippen LogP contribution in [0.1, 0.15) is 0 Å². The molecule has 8 nitrogen and oxygen atoms in total. The summed E-state index contributed by atoms with van der Waals surface area (Å²) < 4.78 is 0. The van der Waals surface area contributed by atoms with Gasteiger partial charge < -0.3 is 20.8 Å². The van der Waals surface area contributed by atoms with E-state index in [0.29, 0.717) is 0 Å². The summed E-state index contributed by atoms with van der Waals surface area (Å²) in [6.45, 7) is -1.97. The van der Waals surface area contributed by atoms with E-state index in [9.17, 15) is 0 Å². The number of hydrogen-bond donors (Lipinski definition) is 3. The Labute approximate surface area is 68.9 Å². The van der Waals surface area contributed by atoms with Gasteiger partial charge in [0.2, 0.25) is 20.4 Å². The average Bonchev–Trinajstić information content (AvgIpc) is 1.88. The first-order chi connectivity index (χ1) is 5.18. The summed E-state index contributed by atoms with van der Waals surface area (Å²) in [5.74, 6) is 0. The summed E-state index contributed by atoms with van der Waals surface area (Å²) in [5, 5.41) is 24.9. The van der Waals surface area contributed by atoms with E-state index in [1.165, 1.54) is 7.05 Å². The Kier molecular flexibility index (Phi) is 8.69. The minimum absolute atomic E-state index is 0. The van der Waals surface area contributed by atoms with Crippen LogP contribution in [0.25, 0.3) is 0 Å². The van der Waals surface area contributed by atoms with Gasteiger partial charge >= 0.3 is 0 Å². The van der Waals surface area contributed by atoms with Gasteiger partial charge in [0.05, 0.1) is 4.97 Å². The Morgan fingerprint density at radius 1 is 0.917 bits per heavy atom. The van der Waals surface area contributed by atoms with Crippen molar-refractivity contribution >= 4 is 0 Å². The first kappa shape index (κ1) is 14.2. The van der Waals surface area contributed by atoms with Gasteiger partial charge in [-0.15, -0.1) is 14.5 Å². The third-order valence-electron chi connectivity index (χ3n) is 0.877. The molecule has 0 atom stereocenters. The van der Waals surface area contributed by atoms with Crippen molar-refractivity contribution in [2.45, 2.75) is 0 Å². The van der Waals surface area contributed by atoms with Crippen LogP contribution in [0.4, 0.5) is 0 Å². The summed E-state index contributed by atoms with van der Waals surface area (Å²) in [4.78, 5) is 12.3. The molecular weight excluding hydrogens is 174 g/mol. The summed E-state index contributed by atoms with van der Waals surface area (Å²) in [6.07, 6.45) is 0. The lowest BCUT2D eigenvalue weighted by Crippen LogP contribution is -2.44. The quantitative estimate of drug-likeness (QED) is 0.247. The second-order valence-corrected chi connectivity index (χ2v) is 1.55. The van der Waals surface area contributed by atoms with Gasteiger partial charge in [-0.1, -0.05) is 0 Å². The lowest BCUT2D eigenvalue weighted by Gasteiger charge is -2.21. The van der Waals surface area contributed by atoms with Gasteiger partial charge in [-0.2, -0.15) is 0 Å². The van der Waals surface area contributed by atoms with Crippen LogP contribution < -0.4 is 0 Å². The Balaban J connectivity index is 0. The first-order valence-electron chi connectivity index (χ1n) is 2.81. The molecule has 0 amide bonds. The van der Waals surface area contributed by atoms with Crippen molar-refractivity contribution in [1.29, 1.82) is 0 Å². The van der Waals surface area contributed by atoms with Crippen molar-refractivity contribution < 1.29 is 40.3 Å². The molecule has 0 bridgehead atoms. The van der Waals surface area contributed by atoms with E-state index in [4.69, 9.17) is 15.3 Å². The maximum absolute atomic E-state index is 8.29. The minimum Gasteiger partial charge on any atom is -0.870 e. The fourth-order valence-electron chi connectivity index (χ4n) is 0.426. The summed E-state index contributed by atoms with van der Waals surface area (Å²) in [6, 6.07) is 0. The van der Waals surface area contributed by atoms with Crippen LogP contribution in [0.15, 0.2) is 0 Å². The van der Waals surface area contributed by atoms with Gasteiger partial charge in [0.15, 0.2) is 7.05 Å². The van der Waals surface area contributed by atoms with Crippen molar-refractivity contribution in [1.82, 2.24) is 0 Å². The molecule has 0 aliphatic heterocycles. The molecule has 0 aromatic rings. The van der Waals surface area contributed by atoms with Crippen LogP contribution in [0.2, 0.25) is 0 Å². The molecule has 0 fully saturated rings. The van der Waals surface area contributed by atoms with Crippen molar-refractivity contribution in [3.05, 3.63) is 0 Å². The smallest absolute Gasteiger partial charge is 0.211 e. The monoisotopic (exact) mass is 187 g/mol. The number of rotatable bonds is 6. The van der Waals surface area contributed by atoms with E-state index in [2.05, 4.69) is 14.5 Å². The van der Waals surface area contributed by atoms with Crippen LogP contribution in [0, 0.1) is 0 Å². The average molecular weight is 187 g/mol. The lowest BCUT2D eigenvalue weighted by molar-refractivity contribution is -1.36. The molecule has 0 aromatic carbocycles. The molecule has 8 heteroatoms. The highest BCUT2D eigenvalue weighted by Gasteiger charge is 2.27. The number of nitrogens with zero attached hydrogens (tertiary/aromatic N) is 1. The molecule has 0 aliphatic rings. The summed E-state index contributed by atoms with van der Waals surface area (Å²) in [7, 11) is 1.24. The molecule has 0 spiro atoms. The topological polar surface area (TPSA) is 118 Å². The molecule has 0 heterocycles. The van der Waals surface area contributed by atoms with Crippen molar-refractivity contribution in [2.75, 3.05) is 27.4 Å². The van der Waals surface area contributed by atoms with Crippen molar-refractivity contribution in [3.8, 4) is 0 Å². The third kappa shape index (κ3) is 5.35. The zero-order valence-corrected chi connectivity index (χ0v) is 6.58. The lowest BCUT2D eigenvalue weighted by atomic mass is 11.3. The largest absolute Gasteiger partial charge is 0.870 e. The Morgan fingerprint density at radius 3 is 1.33 bits per heavy atom. The van der Waals surface area contributed by atoms with Gasteiger partial charge in [-0.05, 0) is 0 Å². The molecule has 0 aromatic heterocycles. The fraction of sp³-hybridized carbons (Fsp3) is 1.00. The maximum atomic E-state index is 8.29. The number of aliphatic hydroxyl groups is 3. The van der Waals surface area contributed by atoms with Crippen molar-refractivity contribution in [2.24, 2.45) is 0 Å². The second-order valence-electron chi connectivity index (χ2n) is 1.55. The highest BCUT2D eigenvalue weighted by Crippen LogP contribution is 2.04. The number of aliphatic hydroxyl groups excluding tert-OH is 3. The van der Waals surface area contributed by atoms with Gasteiger partial charge in [0.1, 0.15) is 0 Å². The van der Waals surface area contributed by atoms with E-state index >= 15 is 0 Å². The minimum atomic E-state index is -0.969. The molecule has 4 N–H and O–H groups in total. The molecule has 76 valence electrons. The van der Waals surface area contributed by atoms with Gasteiger partial charge in [0, 0.05) is 0 Å². The van der Waals surface area contributed by atoms with Crippen LogP contribution in [-0.2, 0) is 14.5 Å². The Morgan fingerprint density at radius 2 is 1.17 bits per heavy atom. The Hall–Kier alpha value is -0.320. The van der Waals surface area contributed by atoms with Gasteiger partial charge in [-0.3, -0.25) is 0 Å². The van der Waals surface area contributed by atoms with E-state index in [0.717, 1.165) is 0 Å². The molecule has 0 radical (unpaired) electrons. The molecule has 0 unspecified atom stereocenters. The standard InChI is InChI=1S/C4H12NO6.H2O/c1-5(9-2-6,10-3-7)11-4-8;/h6-8H,2-4H2,1H3;1H2/q+1;/p-1. The van der Waals surface area contributed by atoms with Crippen LogP contribution in [0.3, 0.4) is 0 Å². The molecule has 0 saturated heterocycles. The van der Waals surface area contributed by atoms with Gasteiger partial charge in [-0.25, -0.2) is 0 Å². The van der Waals surface area contributed by atoms with E-state index in [1.54, 1.807) is 0 Å². The van der Waals surface area contributed by atoms with Crippen molar-refractivity contribution in [3.63, 3.8) is 0 Å². The zero-order valence-electron chi connectivity index (χ0n) is 6.58. The van der Waals surface area contributed by atoms with E-state index in [1.807, 2.05) is 0 Å². The highest BCUT2D eigenvalue weighted by atomic mass is 17.2. The van der Waals surface area contributed by atoms with E-state index in [-0.39, 0.29) is 5.48 Å². The predicted molar refractivity (Wildman–Crippen MR) is 32.6 cm³/mol. The molecule has 12 heavy (non-hydrogen) atoms. The SMILES string of the molecule is C[N+](OCO)(OCO)OCO.[OH-]. The number of quaternary nitrogens is 1. The highest BCUT2D eigenvalue weighted by molar-refractivity contribution is 3.77. The zero-order chi connectivity index (χ0) is 8.74. The van der Waals surface area contributed by atoms with E-state index < -0.39 is 25.4 Å². The van der Waals surface area contributed by atoms with Gasteiger partial charge in [0.25, 0.3) is 0 Å². The molecular formula is C4H13NO7. The van der Waals surface area contributed by atoms with Crippen LogP contribution in [0.5, 0.6) is 0 Å². The second kappa shape index (κ2) is 7.34. The van der Waals surface area contributed by atoms with Crippen LogP contribution in [-0.4, -0.2) is 53.2 Å². The fourth-order valence-corrected chi connectivity index (χ4v) is 0.426. The first-order valence-corrected chi connectivity index (χ1v) is 2.81. The number of hydrogen-bond acceptors (Lipinski definition) is 7. The Bertz CT molecular complexity index is 82.4. The summed E-state index contributed by atoms with van der Waals surface area (Å²) >= 11 is 0. The molecule has 0 rings (SSSR count). The molecule has 0 saturated carbocycles. The maximum Gasteiger partial charge on any atom is 0.211 e. The third-order valence-corrected chi connectivity index (χ3v) is 0.877. The molecule has 0 aliphatic carbocycles. The normalized spacial score (nSPS) is 11.0. The predicted octanol–water partition coefficient (Wildman–Crippen LogP) is -2.10.